The summed E-state index contributed by atoms with van der Waals surface area (Å²) in [6, 6.07) is 17.3. The zero-order valence-corrected chi connectivity index (χ0v) is 20.8. The van der Waals surface area contributed by atoms with Crippen molar-refractivity contribution in [3.05, 3.63) is 86.7 Å². The molecule has 0 radical (unpaired) electrons. The molecule has 0 saturated carbocycles. The molecule has 1 aliphatic rings. The van der Waals surface area contributed by atoms with Gasteiger partial charge < -0.3 is 22.4 Å². The predicted molar refractivity (Wildman–Crippen MR) is 116 cm³/mol. The third-order valence-corrected chi connectivity index (χ3v) is 5.39. The third kappa shape index (κ3) is 4.73. The van der Waals surface area contributed by atoms with Gasteiger partial charge in [0.25, 0.3) is 5.91 Å². The van der Waals surface area contributed by atoms with Crippen molar-refractivity contribution in [1.29, 1.82) is 5.26 Å². The number of nitrogens with zero attached hydrogens (tertiary/aromatic N) is 2. The SMILES string of the molecule is N#C/C(C(=O)SC1=NC(=O)c2c1c1ccccc1oc2=O)=C(\[S-])Nc1ccccc1.[K+]. The first kappa shape index (κ1) is 23.6. The van der Waals surface area contributed by atoms with Gasteiger partial charge >= 0.3 is 57.0 Å². The van der Waals surface area contributed by atoms with Gasteiger partial charge in [0.15, 0.2) is 0 Å². The number of carbonyl (C=O) groups excluding carboxylic acids is 2. The van der Waals surface area contributed by atoms with Crippen LogP contribution in [0, 0.1) is 11.3 Å². The van der Waals surface area contributed by atoms with E-state index >= 15 is 0 Å². The molecular formula is C21H10KN3O4S2. The number of aliphatic imine (C=N–C) groups is 1. The van der Waals surface area contributed by atoms with Gasteiger partial charge in [0.05, 0.1) is 0 Å². The van der Waals surface area contributed by atoms with E-state index in [0.717, 1.165) is 0 Å². The minimum absolute atomic E-state index is 0. The van der Waals surface area contributed by atoms with E-state index in [2.05, 4.69) is 10.3 Å². The Morgan fingerprint density at radius 3 is 2.45 bits per heavy atom. The first-order chi connectivity index (χ1) is 14.5. The molecule has 0 spiro atoms. The number of hydrogen-bond donors (Lipinski definition) is 1. The molecule has 0 saturated heterocycles. The van der Waals surface area contributed by atoms with Gasteiger partial charge in [-0.3, -0.25) is 9.59 Å². The number of thioether (sulfide) groups is 1. The van der Waals surface area contributed by atoms with Crippen molar-refractivity contribution in [2.75, 3.05) is 5.32 Å². The third-order valence-electron chi connectivity index (χ3n) is 4.21. The molecule has 31 heavy (non-hydrogen) atoms. The van der Waals surface area contributed by atoms with E-state index in [1.165, 1.54) is 0 Å². The minimum Gasteiger partial charge on any atom is -0.761 e. The summed E-state index contributed by atoms with van der Waals surface area (Å²) < 4.78 is 5.17. The molecule has 0 unspecified atom stereocenters. The Labute approximate surface area is 228 Å². The predicted octanol–water partition coefficient (Wildman–Crippen LogP) is 0.351. The van der Waals surface area contributed by atoms with Crippen molar-refractivity contribution >= 4 is 57.1 Å². The van der Waals surface area contributed by atoms with E-state index < -0.39 is 16.6 Å². The van der Waals surface area contributed by atoms with Gasteiger partial charge in [-0.05, 0) is 30.0 Å². The molecule has 3 aromatic rings. The zero-order chi connectivity index (χ0) is 21.3. The van der Waals surface area contributed by atoms with Crippen molar-refractivity contribution in [1.82, 2.24) is 0 Å². The Hall–Kier alpha value is -2.10. The summed E-state index contributed by atoms with van der Waals surface area (Å²) in [7, 11) is 0. The fourth-order valence-corrected chi connectivity index (χ4v) is 4.08. The van der Waals surface area contributed by atoms with Gasteiger partial charge in [0, 0.05) is 16.6 Å². The summed E-state index contributed by atoms with van der Waals surface area (Å²) in [5.74, 6) is -0.789. The van der Waals surface area contributed by atoms with Crippen LogP contribution in [-0.2, 0) is 17.4 Å². The van der Waals surface area contributed by atoms with Crippen LogP contribution in [-0.4, -0.2) is 16.1 Å². The van der Waals surface area contributed by atoms with E-state index in [1.807, 2.05) is 6.07 Å². The molecular weight excluding hydrogens is 461 g/mol. The number of carbonyl (C=O) groups is 2. The fraction of sp³-hybridized carbons (Fsp3) is 0. The Morgan fingerprint density at radius 2 is 1.74 bits per heavy atom. The van der Waals surface area contributed by atoms with Crippen LogP contribution < -0.4 is 62.3 Å². The molecule has 0 aliphatic carbocycles. The van der Waals surface area contributed by atoms with E-state index in [9.17, 15) is 19.6 Å². The van der Waals surface area contributed by atoms with Gasteiger partial charge in [-0.1, -0.05) is 41.4 Å². The smallest absolute Gasteiger partial charge is 0.761 e. The van der Waals surface area contributed by atoms with E-state index in [0.29, 0.717) is 22.8 Å². The number of nitrogens with one attached hydrogen (secondary N) is 1. The molecule has 0 bridgehead atoms. The molecule has 1 N–H and O–H groups in total. The monoisotopic (exact) mass is 471 g/mol. The number of benzene rings is 2. The van der Waals surface area contributed by atoms with Crippen molar-refractivity contribution in [3.8, 4) is 6.07 Å². The zero-order valence-electron chi connectivity index (χ0n) is 16.0. The molecule has 4 rings (SSSR count). The number of nitriles is 1. The second-order valence-electron chi connectivity index (χ2n) is 6.05. The molecule has 10 heteroatoms. The first-order valence-electron chi connectivity index (χ1n) is 8.54. The van der Waals surface area contributed by atoms with Crippen LogP contribution in [0.5, 0.6) is 0 Å². The first-order valence-corrected chi connectivity index (χ1v) is 9.77. The van der Waals surface area contributed by atoms with Crippen molar-refractivity contribution in [2.24, 2.45) is 4.99 Å². The molecule has 146 valence electrons. The number of fused-ring (bicyclic) bond motifs is 3. The Kier molecular flexibility index (Phi) is 7.61. The second-order valence-corrected chi connectivity index (χ2v) is 7.42. The standard InChI is InChI=1S/C21H11N3O4S2.K/c22-10-13(18(29)23-11-6-2-1-3-7-11)21(27)30-19-15-12-8-4-5-9-14(12)28-20(26)16(15)17(25)24-19;/h1-9,23,29H;/q;+1/p-1/b18-13+;. The van der Waals surface area contributed by atoms with Gasteiger partial charge in [0.2, 0.25) is 5.12 Å². The summed E-state index contributed by atoms with van der Waals surface area (Å²) in [5, 5.41) is 12.0. The maximum atomic E-state index is 12.8. The van der Waals surface area contributed by atoms with Crippen LogP contribution in [0.3, 0.4) is 0 Å². The average Bonchev–Trinajstić information content (AvgIpc) is 3.06. The molecule has 0 atom stereocenters. The molecule has 7 nitrogen and oxygen atoms in total. The van der Waals surface area contributed by atoms with Crippen molar-refractivity contribution in [2.45, 2.75) is 0 Å². The number of hydrogen-bond acceptors (Lipinski definition) is 8. The summed E-state index contributed by atoms with van der Waals surface area (Å²) >= 11 is 5.77. The maximum absolute atomic E-state index is 12.8. The Bertz CT molecular complexity index is 1370. The average molecular weight is 472 g/mol. The van der Waals surface area contributed by atoms with Crippen LogP contribution in [0.15, 0.2) is 79.4 Å². The Morgan fingerprint density at radius 1 is 1.06 bits per heavy atom. The Balaban J connectivity index is 0.00000272. The van der Waals surface area contributed by atoms with E-state index in [-0.39, 0.29) is 83.7 Å². The summed E-state index contributed by atoms with van der Waals surface area (Å²) in [6.45, 7) is 0. The van der Waals surface area contributed by atoms with E-state index in [4.69, 9.17) is 17.0 Å². The number of amides is 1. The van der Waals surface area contributed by atoms with Crippen LogP contribution >= 0.6 is 11.8 Å². The molecule has 1 aromatic heterocycles. The van der Waals surface area contributed by atoms with Gasteiger partial charge in [0.1, 0.15) is 27.8 Å². The number of rotatable bonds is 3. The topological polar surface area (TPSA) is 113 Å². The van der Waals surface area contributed by atoms with Crippen LogP contribution in [0.1, 0.15) is 15.9 Å². The van der Waals surface area contributed by atoms with Crippen LogP contribution in [0.2, 0.25) is 0 Å². The van der Waals surface area contributed by atoms with Gasteiger partial charge in [-0.25, -0.2) is 9.79 Å². The summed E-state index contributed by atoms with van der Waals surface area (Å²) in [4.78, 5) is 41.1. The largest absolute Gasteiger partial charge is 1.00 e. The maximum Gasteiger partial charge on any atom is 1.00 e. The molecule has 0 fully saturated rings. The van der Waals surface area contributed by atoms with Crippen molar-refractivity contribution < 1.29 is 65.4 Å². The van der Waals surface area contributed by atoms with Gasteiger partial charge in [-0.15, -0.1) is 0 Å². The summed E-state index contributed by atoms with van der Waals surface area (Å²) in [6.07, 6.45) is 0. The molecule has 1 aliphatic heterocycles. The molecule has 1 amide bonds. The van der Waals surface area contributed by atoms with Gasteiger partial charge in [-0.2, -0.15) is 5.26 Å². The van der Waals surface area contributed by atoms with Crippen LogP contribution in [0.25, 0.3) is 11.0 Å². The quantitative estimate of drug-likeness (QED) is 0.192. The minimum atomic E-state index is -0.828. The molecule has 2 heterocycles. The fourth-order valence-electron chi connectivity index (χ4n) is 2.89. The van der Waals surface area contributed by atoms with Crippen LogP contribution in [0.4, 0.5) is 5.69 Å². The van der Waals surface area contributed by atoms with Crippen molar-refractivity contribution in [3.63, 3.8) is 0 Å². The summed E-state index contributed by atoms with van der Waals surface area (Å²) in [5.41, 5.74) is -0.240. The number of para-hydroxylation sites is 2. The second kappa shape index (κ2) is 10.0. The molecule has 2 aromatic carbocycles. The van der Waals surface area contributed by atoms with E-state index in [1.54, 1.807) is 54.6 Å². The number of anilines is 1. The normalized spacial score (nSPS) is 12.9.